The minimum Gasteiger partial charge on any atom is -0.327 e. The fraction of sp³-hybridized carbons (Fsp3) is 0.533. The van der Waals surface area contributed by atoms with E-state index in [1.54, 1.807) is 0 Å². The van der Waals surface area contributed by atoms with Gasteiger partial charge in [0.15, 0.2) is 0 Å². The van der Waals surface area contributed by atoms with E-state index in [4.69, 9.17) is 23.2 Å². The molecular weight excluding hydrogens is 279 g/mol. The highest BCUT2D eigenvalue weighted by molar-refractivity contribution is 6.31. The van der Waals surface area contributed by atoms with Crippen molar-refractivity contribution in [2.24, 2.45) is 0 Å². The van der Waals surface area contributed by atoms with Gasteiger partial charge >= 0.3 is 0 Å². The van der Waals surface area contributed by atoms with E-state index in [0.717, 1.165) is 28.4 Å². The van der Waals surface area contributed by atoms with E-state index in [1.807, 2.05) is 25.1 Å². The lowest BCUT2D eigenvalue weighted by atomic mass is 10.2. The maximum absolute atomic E-state index is 6.24. The number of rotatable bonds is 6. The number of benzene rings is 1. The summed E-state index contributed by atoms with van der Waals surface area (Å²) in [6.07, 6.45) is 4.95. The number of halogens is 2. The van der Waals surface area contributed by atoms with Gasteiger partial charge in [0.05, 0.1) is 16.4 Å². The van der Waals surface area contributed by atoms with Crippen LogP contribution in [0.1, 0.15) is 50.7 Å². The van der Waals surface area contributed by atoms with Crippen molar-refractivity contribution in [3.8, 4) is 0 Å². The van der Waals surface area contributed by atoms with Crippen molar-refractivity contribution < 1.29 is 0 Å². The first-order valence-electron chi connectivity index (χ1n) is 6.93. The SMILES string of the molecule is CCCCCCn1c(C(C)Cl)nc2cc(Cl)ccc21. The van der Waals surface area contributed by atoms with Crippen molar-refractivity contribution in [1.29, 1.82) is 0 Å². The number of alkyl halides is 1. The number of aryl methyl sites for hydroxylation is 1. The third-order valence-electron chi connectivity index (χ3n) is 3.33. The number of unbranched alkanes of at least 4 members (excludes halogenated alkanes) is 3. The molecule has 1 atom stereocenters. The van der Waals surface area contributed by atoms with Gasteiger partial charge in [-0.15, -0.1) is 11.6 Å². The Morgan fingerprint density at radius 2 is 2.05 bits per heavy atom. The first kappa shape index (κ1) is 14.7. The molecule has 4 heteroatoms. The summed E-state index contributed by atoms with van der Waals surface area (Å²) in [5, 5.41) is 0.634. The molecule has 0 radical (unpaired) electrons. The molecule has 0 amide bonds. The first-order valence-corrected chi connectivity index (χ1v) is 7.74. The predicted octanol–water partition coefficient (Wildman–Crippen LogP) is 5.57. The van der Waals surface area contributed by atoms with Crippen LogP contribution in [0.4, 0.5) is 0 Å². The summed E-state index contributed by atoms with van der Waals surface area (Å²) < 4.78 is 2.24. The zero-order valence-corrected chi connectivity index (χ0v) is 13.0. The van der Waals surface area contributed by atoms with Crippen molar-refractivity contribution in [3.05, 3.63) is 29.0 Å². The van der Waals surface area contributed by atoms with Gasteiger partial charge < -0.3 is 4.57 Å². The average Bonchev–Trinajstić information content (AvgIpc) is 2.72. The Bertz CT molecular complexity index is 546. The van der Waals surface area contributed by atoms with Gasteiger partial charge in [-0.2, -0.15) is 0 Å². The second-order valence-electron chi connectivity index (χ2n) is 4.93. The van der Waals surface area contributed by atoms with Gasteiger partial charge in [-0.25, -0.2) is 4.98 Å². The minimum absolute atomic E-state index is 0.0858. The van der Waals surface area contributed by atoms with E-state index in [-0.39, 0.29) is 5.38 Å². The lowest BCUT2D eigenvalue weighted by Crippen LogP contribution is -2.04. The Labute approximate surface area is 124 Å². The van der Waals surface area contributed by atoms with Gasteiger partial charge in [0.2, 0.25) is 0 Å². The molecule has 2 rings (SSSR count). The summed E-state index contributed by atoms with van der Waals surface area (Å²) in [5.41, 5.74) is 2.06. The van der Waals surface area contributed by atoms with Crippen LogP contribution in [0.2, 0.25) is 5.02 Å². The van der Waals surface area contributed by atoms with Gasteiger partial charge in [-0.3, -0.25) is 0 Å². The molecule has 0 fully saturated rings. The zero-order valence-electron chi connectivity index (χ0n) is 11.5. The molecule has 0 spiro atoms. The molecule has 0 aliphatic rings. The third-order valence-corrected chi connectivity index (χ3v) is 3.76. The number of imidazole rings is 1. The van der Waals surface area contributed by atoms with Crippen molar-refractivity contribution in [2.75, 3.05) is 0 Å². The molecular formula is C15H20Cl2N2. The van der Waals surface area contributed by atoms with Gasteiger partial charge in [-0.1, -0.05) is 37.8 Å². The second kappa shape index (κ2) is 6.62. The van der Waals surface area contributed by atoms with Crippen molar-refractivity contribution in [1.82, 2.24) is 9.55 Å². The molecule has 2 aromatic rings. The summed E-state index contributed by atoms with van der Waals surface area (Å²) in [7, 11) is 0. The molecule has 0 saturated heterocycles. The van der Waals surface area contributed by atoms with Crippen molar-refractivity contribution >= 4 is 34.2 Å². The van der Waals surface area contributed by atoms with Crippen LogP contribution in [0, 0.1) is 0 Å². The molecule has 0 N–H and O–H groups in total. The quantitative estimate of drug-likeness (QED) is 0.503. The maximum atomic E-state index is 6.24. The summed E-state index contributed by atoms with van der Waals surface area (Å²) in [4.78, 5) is 4.62. The molecule has 1 aromatic heterocycles. The predicted molar refractivity (Wildman–Crippen MR) is 83.2 cm³/mol. The molecule has 1 heterocycles. The molecule has 0 saturated carbocycles. The van der Waals surface area contributed by atoms with E-state index < -0.39 is 0 Å². The average molecular weight is 299 g/mol. The van der Waals surface area contributed by atoms with Gasteiger partial charge in [0.25, 0.3) is 0 Å². The summed E-state index contributed by atoms with van der Waals surface area (Å²) in [5.74, 6) is 0.940. The lowest BCUT2D eigenvalue weighted by Gasteiger charge is -2.10. The van der Waals surface area contributed by atoms with E-state index in [1.165, 1.54) is 25.7 Å². The van der Waals surface area contributed by atoms with Crippen molar-refractivity contribution in [2.45, 2.75) is 51.5 Å². The van der Waals surface area contributed by atoms with Crippen LogP contribution in [0.15, 0.2) is 18.2 Å². The lowest BCUT2D eigenvalue weighted by molar-refractivity contribution is 0.574. The van der Waals surface area contributed by atoms with Crippen LogP contribution < -0.4 is 0 Å². The van der Waals surface area contributed by atoms with E-state index in [0.29, 0.717) is 0 Å². The minimum atomic E-state index is -0.0858. The largest absolute Gasteiger partial charge is 0.327 e. The second-order valence-corrected chi connectivity index (χ2v) is 6.02. The number of aromatic nitrogens is 2. The van der Waals surface area contributed by atoms with Crippen LogP contribution >= 0.6 is 23.2 Å². The van der Waals surface area contributed by atoms with Crippen molar-refractivity contribution in [3.63, 3.8) is 0 Å². The standard InChI is InChI=1S/C15H20Cl2N2/c1-3-4-5-6-9-19-14-8-7-12(17)10-13(14)18-15(19)11(2)16/h7-8,10-11H,3-6,9H2,1-2H3. The molecule has 104 valence electrons. The highest BCUT2D eigenvalue weighted by Crippen LogP contribution is 2.27. The maximum Gasteiger partial charge on any atom is 0.127 e. The van der Waals surface area contributed by atoms with Gasteiger partial charge in [0.1, 0.15) is 5.82 Å². The van der Waals surface area contributed by atoms with Crippen LogP contribution in [0.3, 0.4) is 0 Å². The normalized spacial score (nSPS) is 13.1. The molecule has 0 aliphatic heterocycles. The van der Waals surface area contributed by atoms with Crippen LogP contribution in [0.5, 0.6) is 0 Å². The fourth-order valence-corrected chi connectivity index (χ4v) is 2.69. The Hall–Kier alpha value is -0.730. The molecule has 2 nitrogen and oxygen atoms in total. The Balaban J connectivity index is 2.30. The topological polar surface area (TPSA) is 17.8 Å². The fourth-order valence-electron chi connectivity index (χ4n) is 2.36. The summed E-state index contributed by atoms with van der Waals surface area (Å²) in [6, 6.07) is 5.85. The van der Waals surface area contributed by atoms with Crippen LogP contribution in [-0.2, 0) is 6.54 Å². The number of fused-ring (bicyclic) bond motifs is 1. The molecule has 1 unspecified atom stereocenters. The summed E-state index contributed by atoms with van der Waals surface area (Å²) in [6.45, 7) is 5.17. The number of hydrogen-bond acceptors (Lipinski definition) is 1. The van der Waals surface area contributed by atoms with Gasteiger partial charge in [0, 0.05) is 11.6 Å². The smallest absolute Gasteiger partial charge is 0.127 e. The number of hydrogen-bond donors (Lipinski definition) is 0. The number of nitrogens with zero attached hydrogens (tertiary/aromatic N) is 2. The van der Waals surface area contributed by atoms with E-state index in [2.05, 4.69) is 16.5 Å². The Morgan fingerprint density at radius 3 is 2.74 bits per heavy atom. The third kappa shape index (κ3) is 3.43. The monoisotopic (exact) mass is 298 g/mol. The molecule has 1 aromatic carbocycles. The first-order chi connectivity index (χ1) is 9.13. The van der Waals surface area contributed by atoms with E-state index >= 15 is 0 Å². The van der Waals surface area contributed by atoms with E-state index in [9.17, 15) is 0 Å². The molecule has 0 bridgehead atoms. The molecule has 0 aliphatic carbocycles. The molecule has 19 heavy (non-hydrogen) atoms. The Morgan fingerprint density at radius 1 is 1.26 bits per heavy atom. The highest BCUT2D eigenvalue weighted by atomic mass is 35.5. The Kier molecular flexibility index (Phi) is 5.12. The highest BCUT2D eigenvalue weighted by Gasteiger charge is 2.14. The van der Waals surface area contributed by atoms with Crippen LogP contribution in [0.25, 0.3) is 11.0 Å². The van der Waals surface area contributed by atoms with Gasteiger partial charge in [-0.05, 0) is 31.5 Å². The van der Waals surface area contributed by atoms with Crippen LogP contribution in [-0.4, -0.2) is 9.55 Å². The zero-order chi connectivity index (χ0) is 13.8. The summed E-state index contributed by atoms with van der Waals surface area (Å²) >= 11 is 12.3.